The first-order valence-corrected chi connectivity index (χ1v) is 8.96. The lowest BCUT2D eigenvalue weighted by molar-refractivity contribution is -0.137. The van der Waals surface area contributed by atoms with Crippen molar-refractivity contribution < 1.29 is 35.9 Å². The second-order valence-corrected chi connectivity index (χ2v) is 6.63. The summed E-state index contributed by atoms with van der Waals surface area (Å²) in [4.78, 5) is 5.95. The maximum atomic E-state index is 12.9. The molecule has 166 valence electrons. The Balaban J connectivity index is 1.67. The molecular formula is C20H18F5N3O3. The van der Waals surface area contributed by atoms with Gasteiger partial charge in [0.2, 0.25) is 11.7 Å². The van der Waals surface area contributed by atoms with Crippen LogP contribution >= 0.6 is 0 Å². The van der Waals surface area contributed by atoms with E-state index in [4.69, 9.17) is 9.26 Å². The lowest BCUT2D eigenvalue weighted by atomic mass is 10.1. The fourth-order valence-electron chi connectivity index (χ4n) is 2.87. The Kier molecular flexibility index (Phi) is 6.74. The topological polar surface area (TPSA) is 60.6 Å². The Morgan fingerprint density at radius 3 is 2.52 bits per heavy atom. The molecule has 0 aliphatic heterocycles. The monoisotopic (exact) mass is 443 g/mol. The maximum Gasteiger partial charge on any atom is 0.416 e. The molecule has 0 radical (unpaired) electrons. The van der Waals surface area contributed by atoms with Crippen molar-refractivity contribution >= 4 is 0 Å². The quantitative estimate of drug-likeness (QED) is 0.457. The number of nitrogens with zero attached hydrogens (tertiary/aromatic N) is 3. The fraction of sp³-hybridized carbons (Fsp3) is 0.300. The zero-order valence-electron chi connectivity index (χ0n) is 16.5. The molecule has 0 amide bonds. The van der Waals surface area contributed by atoms with E-state index in [1.54, 1.807) is 24.1 Å². The molecule has 0 saturated heterocycles. The van der Waals surface area contributed by atoms with Gasteiger partial charge in [0.1, 0.15) is 0 Å². The molecule has 1 aromatic heterocycles. The number of halogens is 5. The highest BCUT2D eigenvalue weighted by Gasteiger charge is 2.30. The number of methoxy groups -OCH3 is 1. The van der Waals surface area contributed by atoms with Gasteiger partial charge in [0.15, 0.2) is 11.5 Å². The van der Waals surface area contributed by atoms with Crippen molar-refractivity contribution in [3.05, 3.63) is 59.5 Å². The minimum absolute atomic E-state index is 0.0460. The van der Waals surface area contributed by atoms with Crippen molar-refractivity contribution in [2.45, 2.75) is 25.9 Å². The van der Waals surface area contributed by atoms with E-state index in [0.29, 0.717) is 6.54 Å². The number of ether oxygens (including phenoxy) is 2. The summed E-state index contributed by atoms with van der Waals surface area (Å²) in [6.45, 7) is -2.37. The van der Waals surface area contributed by atoms with Crippen LogP contribution in [-0.4, -0.2) is 35.8 Å². The molecule has 1 heterocycles. The summed E-state index contributed by atoms with van der Waals surface area (Å²) in [6, 6.07) is 9.21. The molecule has 0 fully saturated rings. The van der Waals surface area contributed by atoms with Crippen molar-refractivity contribution in [2.24, 2.45) is 0 Å². The van der Waals surface area contributed by atoms with E-state index in [1.807, 2.05) is 0 Å². The van der Waals surface area contributed by atoms with Gasteiger partial charge in [0.25, 0.3) is 0 Å². The minimum Gasteiger partial charge on any atom is -0.493 e. The SMILES string of the molecule is COc1cc(CN(C)Cc2nc(-c3cccc(C(F)(F)F)c3)no2)ccc1OC(F)F. The molecule has 0 spiro atoms. The van der Waals surface area contributed by atoms with Crippen LogP contribution in [0.4, 0.5) is 22.0 Å². The van der Waals surface area contributed by atoms with E-state index >= 15 is 0 Å². The highest BCUT2D eigenvalue weighted by Crippen LogP contribution is 2.32. The number of aromatic nitrogens is 2. The molecule has 11 heteroatoms. The van der Waals surface area contributed by atoms with Crippen molar-refractivity contribution in [3.63, 3.8) is 0 Å². The maximum absolute atomic E-state index is 12.9. The number of hydrogen-bond acceptors (Lipinski definition) is 6. The van der Waals surface area contributed by atoms with Crippen LogP contribution in [-0.2, 0) is 19.3 Å². The average molecular weight is 443 g/mol. The molecule has 6 nitrogen and oxygen atoms in total. The van der Waals surface area contributed by atoms with Crippen LogP contribution in [0.1, 0.15) is 17.0 Å². The van der Waals surface area contributed by atoms with Crippen LogP contribution < -0.4 is 9.47 Å². The third-order valence-electron chi connectivity index (χ3n) is 4.22. The summed E-state index contributed by atoms with van der Waals surface area (Å²) < 4.78 is 78.1. The van der Waals surface area contributed by atoms with Gasteiger partial charge in [-0.25, -0.2) is 0 Å². The fourth-order valence-corrected chi connectivity index (χ4v) is 2.87. The van der Waals surface area contributed by atoms with Gasteiger partial charge in [-0.05, 0) is 36.9 Å². The molecule has 31 heavy (non-hydrogen) atoms. The van der Waals surface area contributed by atoms with Gasteiger partial charge in [-0.15, -0.1) is 0 Å². The molecule has 0 aliphatic carbocycles. The second-order valence-electron chi connectivity index (χ2n) is 6.63. The molecule has 0 N–H and O–H groups in total. The van der Waals surface area contributed by atoms with Gasteiger partial charge in [-0.2, -0.15) is 26.9 Å². The lowest BCUT2D eigenvalue weighted by Gasteiger charge is -2.16. The summed E-state index contributed by atoms with van der Waals surface area (Å²) >= 11 is 0. The van der Waals surface area contributed by atoms with E-state index in [0.717, 1.165) is 17.7 Å². The normalized spacial score (nSPS) is 11.9. The van der Waals surface area contributed by atoms with Crippen LogP contribution in [0.3, 0.4) is 0 Å². The molecule has 0 saturated carbocycles. The lowest BCUT2D eigenvalue weighted by Crippen LogP contribution is -2.17. The van der Waals surface area contributed by atoms with Crippen molar-refractivity contribution in [1.82, 2.24) is 15.0 Å². The zero-order chi connectivity index (χ0) is 22.6. The van der Waals surface area contributed by atoms with Gasteiger partial charge in [-0.3, -0.25) is 4.90 Å². The Labute approximate surface area is 174 Å². The average Bonchev–Trinajstić information content (AvgIpc) is 3.16. The van der Waals surface area contributed by atoms with Crippen LogP contribution in [0.15, 0.2) is 47.0 Å². The first-order valence-electron chi connectivity index (χ1n) is 8.96. The summed E-state index contributed by atoms with van der Waals surface area (Å²) in [7, 11) is 3.10. The molecule has 0 atom stereocenters. The number of hydrogen-bond donors (Lipinski definition) is 0. The number of rotatable bonds is 8. The number of benzene rings is 2. The van der Waals surface area contributed by atoms with Gasteiger partial charge < -0.3 is 14.0 Å². The largest absolute Gasteiger partial charge is 0.493 e. The first-order chi connectivity index (χ1) is 14.7. The number of alkyl halides is 5. The summed E-state index contributed by atoms with van der Waals surface area (Å²) in [6.07, 6.45) is -4.47. The Morgan fingerprint density at radius 1 is 1.06 bits per heavy atom. The Hall–Kier alpha value is -3.21. The van der Waals surface area contributed by atoms with E-state index in [-0.39, 0.29) is 35.3 Å². The molecule has 0 aliphatic rings. The van der Waals surface area contributed by atoms with Crippen LogP contribution in [0, 0.1) is 0 Å². The zero-order valence-corrected chi connectivity index (χ0v) is 16.5. The van der Waals surface area contributed by atoms with Crippen molar-refractivity contribution in [3.8, 4) is 22.9 Å². The Morgan fingerprint density at radius 2 is 1.84 bits per heavy atom. The molecule has 3 rings (SSSR count). The molecule has 0 bridgehead atoms. The highest BCUT2D eigenvalue weighted by atomic mass is 19.4. The smallest absolute Gasteiger partial charge is 0.416 e. The minimum atomic E-state index is -4.47. The second kappa shape index (κ2) is 9.29. The van der Waals surface area contributed by atoms with E-state index in [2.05, 4.69) is 14.9 Å². The van der Waals surface area contributed by atoms with Crippen LogP contribution in [0.2, 0.25) is 0 Å². The predicted octanol–water partition coefficient (Wildman–Crippen LogP) is 5.00. The van der Waals surface area contributed by atoms with Crippen LogP contribution in [0.5, 0.6) is 11.5 Å². The summed E-state index contributed by atoms with van der Waals surface area (Å²) in [5.74, 6) is 0.339. The van der Waals surface area contributed by atoms with E-state index < -0.39 is 18.4 Å². The van der Waals surface area contributed by atoms with Crippen molar-refractivity contribution in [2.75, 3.05) is 14.2 Å². The standard InChI is InChI=1S/C20H18F5N3O3/c1-28(10-12-6-7-15(30-19(21)22)16(8-12)29-2)11-17-26-18(27-31-17)13-4-3-5-14(9-13)20(23,24)25/h3-9,19H,10-11H2,1-2H3. The van der Waals surface area contributed by atoms with Gasteiger partial charge in [0, 0.05) is 12.1 Å². The predicted molar refractivity (Wildman–Crippen MR) is 99.5 cm³/mol. The van der Waals surface area contributed by atoms with E-state index in [9.17, 15) is 22.0 Å². The third kappa shape index (κ3) is 5.91. The van der Waals surface area contributed by atoms with Gasteiger partial charge in [0.05, 0.1) is 19.2 Å². The summed E-state index contributed by atoms with van der Waals surface area (Å²) in [5.41, 5.74) is 0.132. The Bertz CT molecular complexity index is 1020. The first kappa shape index (κ1) is 22.5. The molecule has 0 unspecified atom stereocenters. The molecule has 3 aromatic rings. The van der Waals surface area contributed by atoms with Crippen molar-refractivity contribution in [1.29, 1.82) is 0 Å². The van der Waals surface area contributed by atoms with Gasteiger partial charge >= 0.3 is 12.8 Å². The summed E-state index contributed by atoms with van der Waals surface area (Å²) in [5, 5.41) is 3.75. The third-order valence-corrected chi connectivity index (χ3v) is 4.22. The highest BCUT2D eigenvalue weighted by molar-refractivity contribution is 5.55. The van der Waals surface area contributed by atoms with Crippen LogP contribution in [0.25, 0.3) is 11.4 Å². The molecular weight excluding hydrogens is 425 g/mol. The van der Waals surface area contributed by atoms with E-state index in [1.165, 1.54) is 25.3 Å². The molecule has 2 aromatic carbocycles. The van der Waals surface area contributed by atoms with Gasteiger partial charge in [-0.1, -0.05) is 23.4 Å².